The third kappa shape index (κ3) is 4.59. The van der Waals surface area contributed by atoms with Crippen LogP contribution in [0.1, 0.15) is 15.9 Å². The largest absolute Gasteiger partial charge is 0.309 e. The average molecular weight is 727 g/mol. The lowest BCUT2D eigenvalue weighted by Gasteiger charge is -2.22. The van der Waals surface area contributed by atoms with E-state index in [2.05, 4.69) is 106 Å². The van der Waals surface area contributed by atoms with Gasteiger partial charge in [-0.25, -0.2) is 8.42 Å². The normalized spacial score (nSPS) is 13.4. The topological polar surface area (TPSA) is 61.1 Å². The van der Waals surface area contributed by atoms with Crippen LogP contribution in [0.3, 0.4) is 0 Å². The summed E-state index contributed by atoms with van der Waals surface area (Å²) in [6.07, 6.45) is 0. The first-order valence-corrected chi connectivity index (χ1v) is 19.7. The Morgan fingerprint density at radius 3 is 1.36 bits per heavy atom. The van der Waals surface area contributed by atoms with Gasteiger partial charge in [0.25, 0.3) is 0 Å². The van der Waals surface area contributed by atoms with E-state index < -0.39 is 9.84 Å². The summed E-state index contributed by atoms with van der Waals surface area (Å²) in [5.74, 6) is -0.295. The van der Waals surface area contributed by atoms with Gasteiger partial charge in [-0.05, 0) is 107 Å². The van der Waals surface area contributed by atoms with Crippen molar-refractivity contribution in [2.75, 3.05) is 0 Å². The molecular weight excluding hydrogens is 697 g/mol. The number of ketones is 1. The molecule has 0 unspecified atom stereocenters. The molecule has 3 heterocycles. The van der Waals surface area contributed by atoms with Gasteiger partial charge in [0.2, 0.25) is 9.84 Å². The van der Waals surface area contributed by atoms with Crippen molar-refractivity contribution in [1.29, 1.82) is 0 Å². The monoisotopic (exact) mass is 726 g/mol. The van der Waals surface area contributed by atoms with Crippen molar-refractivity contribution in [1.82, 2.24) is 9.13 Å². The van der Waals surface area contributed by atoms with Crippen LogP contribution in [0.2, 0.25) is 0 Å². The lowest BCUT2D eigenvalue weighted by molar-refractivity contribution is 0.103. The first-order valence-electron chi connectivity index (χ1n) is 18.2. The van der Waals surface area contributed by atoms with Crippen molar-refractivity contribution in [2.45, 2.75) is 9.79 Å². The predicted molar refractivity (Wildman–Crippen MR) is 221 cm³/mol. The van der Waals surface area contributed by atoms with Gasteiger partial charge in [0.15, 0.2) is 5.78 Å². The van der Waals surface area contributed by atoms with Crippen LogP contribution in [-0.4, -0.2) is 23.3 Å². The van der Waals surface area contributed by atoms with E-state index in [4.69, 9.17) is 0 Å². The molecule has 0 amide bonds. The van der Waals surface area contributed by atoms with E-state index in [-0.39, 0.29) is 26.7 Å². The van der Waals surface area contributed by atoms with E-state index in [1.165, 1.54) is 6.07 Å². The number of aromatic nitrogens is 2. The molecule has 0 spiro atoms. The summed E-state index contributed by atoms with van der Waals surface area (Å²) in [4.78, 5) is 14.2. The lowest BCUT2D eigenvalue weighted by atomic mass is 9.89. The highest BCUT2D eigenvalue weighted by atomic mass is 32.2. The van der Waals surface area contributed by atoms with Gasteiger partial charge in [0, 0.05) is 44.0 Å². The van der Waals surface area contributed by atoms with E-state index in [0.29, 0.717) is 0 Å². The maximum atomic E-state index is 14.3. The van der Waals surface area contributed by atoms with Crippen molar-refractivity contribution in [3.63, 3.8) is 0 Å². The van der Waals surface area contributed by atoms with Crippen LogP contribution >= 0.6 is 0 Å². The highest BCUT2D eigenvalue weighted by Crippen LogP contribution is 2.45. The lowest BCUT2D eigenvalue weighted by Crippen LogP contribution is -2.20. The molecule has 0 aliphatic carbocycles. The molecule has 2 aromatic heterocycles. The SMILES string of the molecule is O=C1c2ccccc2S(=O)(=O)c2cc(-c3ccc4c(c3)c3ccccc3n4-c3ccccc3)c(-c3ccc4c(c3)c3ccccc3n4-c3ccccc3)cc21. The van der Waals surface area contributed by atoms with E-state index in [1.54, 1.807) is 30.3 Å². The first kappa shape index (κ1) is 31.5. The van der Waals surface area contributed by atoms with E-state index in [1.807, 2.05) is 48.5 Å². The Labute approximate surface area is 316 Å². The van der Waals surface area contributed by atoms with Crippen LogP contribution in [-0.2, 0) is 9.84 Å². The van der Waals surface area contributed by atoms with Crippen LogP contribution in [0.15, 0.2) is 192 Å². The summed E-state index contributed by atoms with van der Waals surface area (Å²) in [5, 5.41) is 4.30. The summed E-state index contributed by atoms with van der Waals surface area (Å²) in [6, 6.07) is 60.1. The smallest absolute Gasteiger partial charge is 0.208 e. The molecule has 1 aliphatic heterocycles. The molecule has 0 saturated carbocycles. The van der Waals surface area contributed by atoms with Gasteiger partial charge < -0.3 is 9.13 Å². The van der Waals surface area contributed by atoms with Gasteiger partial charge in [0.1, 0.15) is 0 Å². The molecule has 0 N–H and O–H groups in total. The molecule has 0 radical (unpaired) electrons. The van der Waals surface area contributed by atoms with Gasteiger partial charge in [-0.2, -0.15) is 0 Å². The number of hydrogen-bond donors (Lipinski definition) is 0. The van der Waals surface area contributed by atoms with Crippen molar-refractivity contribution in [3.05, 3.63) is 193 Å². The zero-order valence-electron chi connectivity index (χ0n) is 29.3. The Bertz CT molecular complexity index is 3340. The average Bonchev–Trinajstić information content (AvgIpc) is 3.75. The van der Waals surface area contributed by atoms with Crippen LogP contribution in [0, 0.1) is 0 Å². The number of hydrogen-bond acceptors (Lipinski definition) is 3. The minimum Gasteiger partial charge on any atom is -0.309 e. The molecule has 260 valence electrons. The zero-order valence-corrected chi connectivity index (χ0v) is 30.2. The number of para-hydroxylation sites is 4. The fraction of sp³-hybridized carbons (Fsp3) is 0. The van der Waals surface area contributed by atoms with Gasteiger partial charge in [-0.15, -0.1) is 0 Å². The second-order valence-electron chi connectivity index (χ2n) is 14.1. The minimum absolute atomic E-state index is 0.0310. The molecule has 0 atom stereocenters. The predicted octanol–water partition coefficient (Wildman–Crippen LogP) is 11.6. The summed E-state index contributed by atoms with van der Waals surface area (Å²) in [6.45, 7) is 0. The second-order valence-corrected chi connectivity index (χ2v) is 15.9. The maximum Gasteiger partial charge on any atom is 0.208 e. The highest BCUT2D eigenvalue weighted by Gasteiger charge is 2.36. The molecule has 55 heavy (non-hydrogen) atoms. The van der Waals surface area contributed by atoms with Crippen molar-refractivity contribution in [3.8, 4) is 33.6 Å². The zero-order chi connectivity index (χ0) is 36.8. The van der Waals surface area contributed by atoms with E-state index >= 15 is 0 Å². The molecule has 10 aromatic rings. The van der Waals surface area contributed by atoms with Crippen molar-refractivity contribution >= 4 is 59.2 Å². The Balaban J connectivity index is 1.20. The summed E-state index contributed by atoms with van der Waals surface area (Å²) < 4.78 is 33.2. The molecule has 11 rings (SSSR count). The van der Waals surface area contributed by atoms with Crippen LogP contribution < -0.4 is 0 Å². The molecule has 0 bridgehead atoms. The number of benzene rings is 8. The number of carbonyl (C=O) groups excluding carboxylic acids is 1. The quantitative estimate of drug-likeness (QED) is 0.181. The molecule has 1 aliphatic rings. The van der Waals surface area contributed by atoms with Crippen molar-refractivity contribution in [2.24, 2.45) is 0 Å². The molecule has 5 nitrogen and oxygen atoms in total. The number of nitrogens with zero attached hydrogens (tertiary/aromatic N) is 2. The standard InChI is InChI=1S/C49H30N2O3S/c52-49-37-19-9-12-22-47(37)55(53,54)48-30-39(32-24-26-46-41(28-32)36-18-8-11-21-44(36)51(46)34-15-5-2-6-16-34)38(29-42(48)49)31-23-25-45-40(27-31)35-17-7-10-20-43(35)50(45)33-13-3-1-4-14-33/h1-30H. The number of carbonyl (C=O) groups is 1. The van der Waals surface area contributed by atoms with Crippen LogP contribution in [0.4, 0.5) is 0 Å². The number of fused-ring (bicyclic) bond motifs is 8. The third-order valence-electron chi connectivity index (χ3n) is 11.1. The van der Waals surface area contributed by atoms with Gasteiger partial charge in [-0.3, -0.25) is 4.79 Å². The van der Waals surface area contributed by atoms with Crippen LogP contribution in [0.25, 0.3) is 77.2 Å². The highest BCUT2D eigenvalue weighted by molar-refractivity contribution is 7.91. The Morgan fingerprint density at radius 2 is 0.800 bits per heavy atom. The first-order chi connectivity index (χ1) is 27.0. The molecular formula is C49H30N2O3S. The van der Waals surface area contributed by atoms with Crippen LogP contribution in [0.5, 0.6) is 0 Å². The molecule has 8 aromatic carbocycles. The molecule has 6 heteroatoms. The summed E-state index contributed by atoms with van der Waals surface area (Å²) in [5.41, 5.74) is 10.0. The summed E-state index contributed by atoms with van der Waals surface area (Å²) >= 11 is 0. The third-order valence-corrected chi connectivity index (χ3v) is 12.9. The summed E-state index contributed by atoms with van der Waals surface area (Å²) in [7, 11) is -3.99. The van der Waals surface area contributed by atoms with Gasteiger partial charge in [-0.1, -0.05) is 97.1 Å². The van der Waals surface area contributed by atoms with Gasteiger partial charge in [0.05, 0.1) is 31.9 Å². The Hall–Kier alpha value is -7.02. The fourth-order valence-electron chi connectivity index (χ4n) is 8.60. The van der Waals surface area contributed by atoms with E-state index in [9.17, 15) is 13.2 Å². The fourth-order valence-corrected chi connectivity index (χ4v) is 10.3. The Morgan fingerprint density at radius 1 is 0.345 bits per heavy atom. The minimum atomic E-state index is -3.99. The van der Waals surface area contributed by atoms with Crippen molar-refractivity contribution < 1.29 is 13.2 Å². The Kier molecular flexibility index (Phi) is 6.72. The molecule has 0 fully saturated rings. The maximum absolute atomic E-state index is 14.3. The second kappa shape index (κ2) is 11.7. The van der Waals surface area contributed by atoms with E-state index in [0.717, 1.165) is 77.2 Å². The molecule has 0 saturated heterocycles. The number of sulfone groups is 1. The van der Waals surface area contributed by atoms with Gasteiger partial charge >= 0.3 is 0 Å². The number of rotatable bonds is 4.